The summed E-state index contributed by atoms with van der Waals surface area (Å²) in [6, 6.07) is 0. The molecule has 4 heteroatoms. The van der Waals surface area contributed by atoms with E-state index < -0.39 is 22.8 Å². The highest BCUT2D eigenvalue weighted by Crippen LogP contribution is 2.67. The molecule has 4 bridgehead atoms. The van der Waals surface area contributed by atoms with Crippen LogP contribution in [0.25, 0.3) is 0 Å². The van der Waals surface area contributed by atoms with Crippen LogP contribution in [0, 0.1) is 11.3 Å². The van der Waals surface area contributed by atoms with E-state index in [9.17, 15) is 15.0 Å². The molecular formula is C17H26O4. The molecule has 0 saturated heterocycles. The minimum absolute atomic E-state index is 0.324. The molecule has 2 N–H and O–H groups in total. The van der Waals surface area contributed by atoms with Crippen molar-refractivity contribution in [2.45, 2.75) is 75.6 Å². The summed E-state index contributed by atoms with van der Waals surface area (Å²) in [6.45, 7) is 7.44. The summed E-state index contributed by atoms with van der Waals surface area (Å²) in [7, 11) is 0. The fourth-order valence-corrected chi connectivity index (χ4v) is 5.75. The quantitative estimate of drug-likeness (QED) is 0.617. The molecule has 118 valence electrons. The van der Waals surface area contributed by atoms with Crippen LogP contribution in [0.3, 0.4) is 0 Å². The van der Waals surface area contributed by atoms with E-state index >= 15 is 0 Å². The summed E-state index contributed by atoms with van der Waals surface area (Å²) >= 11 is 0. The fraction of sp³-hybridized carbons (Fsp3) is 0.824. The predicted molar refractivity (Wildman–Crippen MR) is 78.5 cm³/mol. The molecule has 0 amide bonds. The van der Waals surface area contributed by atoms with E-state index in [0.29, 0.717) is 31.6 Å². The van der Waals surface area contributed by atoms with Gasteiger partial charge in [0.1, 0.15) is 5.60 Å². The van der Waals surface area contributed by atoms with Crippen molar-refractivity contribution >= 4 is 5.97 Å². The Hall–Kier alpha value is -0.870. The van der Waals surface area contributed by atoms with Gasteiger partial charge in [0.05, 0.1) is 11.2 Å². The summed E-state index contributed by atoms with van der Waals surface area (Å²) in [5.41, 5.74) is -2.60. The van der Waals surface area contributed by atoms with E-state index in [1.54, 1.807) is 0 Å². The normalized spacial score (nSPS) is 47.0. The van der Waals surface area contributed by atoms with Crippen molar-refractivity contribution in [3.05, 3.63) is 12.7 Å². The van der Waals surface area contributed by atoms with Gasteiger partial charge in [0, 0.05) is 17.9 Å². The molecule has 0 heterocycles. The lowest BCUT2D eigenvalue weighted by molar-refractivity contribution is -0.275. The smallest absolute Gasteiger partial charge is 0.330 e. The Kier molecular flexibility index (Phi) is 3.10. The molecule has 21 heavy (non-hydrogen) atoms. The van der Waals surface area contributed by atoms with Gasteiger partial charge < -0.3 is 14.9 Å². The second-order valence-electron chi connectivity index (χ2n) is 7.95. The summed E-state index contributed by atoms with van der Waals surface area (Å²) < 4.78 is 5.73. The van der Waals surface area contributed by atoms with Crippen molar-refractivity contribution in [1.29, 1.82) is 0 Å². The van der Waals surface area contributed by atoms with Crippen molar-refractivity contribution in [2.24, 2.45) is 11.3 Å². The number of carbonyl (C=O) groups is 1. The molecule has 0 aromatic carbocycles. The number of aliphatic hydroxyl groups is 2. The molecule has 0 aromatic heterocycles. The third kappa shape index (κ3) is 2.15. The van der Waals surface area contributed by atoms with E-state index in [1.165, 1.54) is 6.08 Å². The monoisotopic (exact) mass is 294 g/mol. The molecule has 4 saturated carbocycles. The average molecular weight is 294 g/mol. The second-order valence-corrected chi connectivity index (χ2v) is 7.95. The molecule has 4 aliphatic rings. The Balaban J connectivity index is 1.99. The van der Waals surface area contributed by atoms with Crippen molar-refractivity contribution in [1.82, 2.24) is 0 Å². The van der Waals surface area contributed by atoms with Crippen LogP contribution in [0.2, 0.25) is 0 Å². The molecule has 0 aliphatic heterocycles. The van der Waals surface area contributed by atoms with Gasteiger partial charge in [-0.25, -0.2) is 4.79 Å². The van der Waals surface area contributed by atoms with Crippen LogP contribution in [0.5, 0.6) is 0 Å². The molecule has 3 unspecified atom stereocenters. The lowest BCUT2D eigenvalue weighted by atomic mass is 9.42. The van der Waals surface area contributed by atoms with E-state index in [0.717, 1.165) is 19.3 Å². The van der Waals surface area contributed by atoms with E-state index in [4.69, 9.17) is 4.74 Å². The van der Waals surface area contributed by atoms with E-state index in [-0.39, 0.29) is 5.41 Å². The highest BCUT2D eigenvalue weighted by molar-refractivity contribution is 5.81. The largest absolute Gasteiger partial charge is 0.456 e. The zero-order chi connectivity index (χ0) is 15.5. The highest BCUT2D eigenvalue weighted by atomic mass is 16.6. The van der Waals surface area contributed by atoms with Crippen LogP contribution >= 0.6 is 0 Å². The third-order valence-electron chi connectivity index (χ3n) is 6.30. The number of hydrogen-bond donors (Lipinski definition) is 2. The average Bonchev–Trinajstić information content (AvgIpc) is 2.33. The van der Waals surface area contributed by atoms with Crippen LogP contribution in [0.15, 0.2) is 12.7 Å². The molecule has 0 radical (unpaired) electrons. The van der Waals surface area contributed by atoms with Gasteiger partial charge in [-0.2, -0.15) is 0 Å². The third-order valence-corrected chi connectivity index (χ3v) is 6.30. The van der Waals surface area contributed by atoms with Gasteiger partial charge in [0.2, 0.25) is 0 Å². The van der Waals surface area contributed by atoms with Crippen LogP contribution in [-0.4, -0.2) is 33.0 Å². The standard InChI is InChI=1S/C17H26O4/c1-4-13(18)21-14(3,5-2)15-6-12-7-16(19,9-15)11-17(20,8-12)10-15/h4,12,19-20H,1,5-11H2,2-3H3. The van der Waals surface area contributed by atoms with Crippen molar-refractivity contribution in [2.75, 3.05) is 0 Å². The topological polar surface area (TPSA) is 66.8 Å². The van der Waals surface area contributed by atoms with Crippen molar-refractivity contribution < 1.29 is 19.7 Å². The summed E-state index contributed by atoms with van der Waals surface area (Å²) in [5.74, 6) is -0.0985. The number of carbonyl (C=O) groups excluding carboxylic acids is 1. The first kappa shape index (κ1) is 15.0. The number of rotatable bonds is 4. The fourth-order valence-electron chi connectivity index (χ4n) is 5.75. The second kappa shape index (κ2) is 4.32. The first-order chi connectivity index (χ1) is 9.67. The molecule has 4 fully saturated rings. The SMILES string of the molecule is C=CC(=O)OC(C)(CC)C12CC3CC(O)(CC(O)(C3)C1)C2. The predicted octanol–water partition coefficient (Wildman–Crippen LogP) is 2.33. The number of hydrogen-bond acceptors (Lipinski definition) is 4. The van der Waals surface area contributed by atoms with Gasteiger partial charge in [-0.05, 0) is 51.4 Å². The number of esters is 1. The minimum Gasteiger partial charge on any atom is -0.456 e. The van der Waals surface area contributed by atoms with Gasteiger partial charge >= 0.3 is 5.97 Å². The van der Waals surface area contributed by atoms with Crippen LogP contribution in [0.4, 0.5) is 0 Å². The molecule has 3 atom stereocenters. The van der Waals surface area contributed by atoms with E-state index in [1.807, 2.05) is 13.8 Å². The van der Waals surface area contributed by atoms with Crippen molar-refractivity contribution in [3.8, 4) is 0 Å². The highest BCUT2D eigenvalue weighted by Gasteiger charge is 2.68. The van der Waals surface area contributed by atoms with Crippen LogP contribution in [0.1, 0.15) is 58.8 Å². The zero-order valence-corrected chi connectivity index (χ0v) is 13.0. The van der Waals surface area contributed by atoms with Gasteiger partial charge in [-0.15, -0.1) is 0 Å². The molecule has 4 nitrogen and oxygen atoms in total. The lowest BCUT2D eigenvalue weighted by Gasteiger charge is -2.67. The molecule has 4 rings (SSSR count). The first-order valence-corrected chi connectivity index (χ1v) is 7.97. The zero-order valence-electron chi connectivity index (χ0n) is 13.0. The Morgan fingerprint density at radius 2 is 1.86 bits per heavy atom. The van der Waals surface area contributed by atoms with Gasteiger partial charge in [-0.3, -0.25) is 0 Å². The maximum Gasteiger partial charge on any atom is 0.330 e. The summed E-state index contributed by atoms with van der Waals surface area (Å²) in [5, 5.41) is 21.7. The summed E-state index contributed by atoms with van der Waals surface area (Å²) in [6.07, 6.45) is 6.03. The van der Waals surface area contributed by atoms with Gasteiger partial charge in [-0.1, -0.05) is 13.5 Å². The minimum atomic E-state index is -0.800. The Morgan fingerprint density at radius 3 is 2.29 bits per heavy atom. The maximum atomic E-state index is 11.8. The Labute approximate surface area is 126 Å². The Morgan fingerprint density at radius 1 is 1.29 bits per heavy atom. The van der Waals surface area contributed by atoms with Gasteiger partial charge in [0.25, 0.3) is 0 Å². The first-order valence-electron chi connectivity index (χ1n) is 7.97. The lowest BCUT2D eigenvalue weighted by Crippen LogP contribution is -2.68. The Bertz CT molecular complexity index is 467. The van der Waals surface area contributed by atoms with Crippen molar-refractivity contribution in [3.63, 3.8) is 0 Å². The molecule has 4 aliphatic carbocycles. The number of ether oxygens (including phenoxy) is 1. The summed E-state index contributed by atoms with van der Waals surface area (Å²) in [4.78, 5) is 11.8. The molecule has 0 spiro atoms. The van der Waals surface area contributed by atoms with Crippen LogP contribution < -0.4 is 0 Å². The maximum absolute atomic E-state index is 11.8. The molecule has 0 aromatic rings. The van der Waals surface area contributed by atoms with E-state index in [2.05, 4.69) is 6.58 Å². The molecular weight excluding hydrogens is 268 g/mol. The van der Waals surface area contributed by atoms with Crippen LogP contribution in [-0.2, 0) is 9.53 Å². The van der Waals surface area contributed by atoms with Gasteiger partial charge in [0.15, 0.2) is 0 Å².